The SMILES string of the molecule is CC(=O)SC(C)CC(=O)N1CC(F)(F)C[C@H]1C(=O)O. The van der Waals surface area contributed by atoms with Crippen LogP contribution in [0.1, 0.15) is 26.7 Å². The molecule has 1 rings (SSSR count). The van der Waals surface area contributed by atoms with Crippen molar-refractivity contribution in [2.75, 3.05) is 6.54 Å². The molecule has 0 aliphatic carbocycles. The van der Waals surface area contributed by atoms with Gasteiger partial charge in [0.25, 0.3) is 5.92 Å². The average Bonchev–Trinajstić information content (AvgIpc) is 2.53. The summed E-state index contributed by atoms with van der Waals surface area (Å²) >= 11 is 0.930. The van der Waals surface area contributed by atoms with Crippen LogP contribution in [-0.2, 0) is 14.4 Å². The lowest BCUT2D eigenvalue weighted by molar-refractivity contribution is -0.148. The second kappa shape index (κ2) is 5.85. The van der Waals surface area contributed by atoms with Gasteiger partial charge in [-0.1, -0.05) is 18.7 Å². The molecule has 1 saturated heterocycles. The Balaban J connectivity index is 2.69. The molecule has 1 heterocycles. The number of carboxylic acids is 1. The lowest BCUT2D eigenvalue weighted by Gasteiger charge is -2.22. The van der Waals surface area contributed by atoms with E-state index < -0.39 is 36.8 Å². The standard InChI is InChI=1S/C11H15F2NO4S/c1-6(19-7(2)15)3-9(16)14-5-11(12,13)4-8(14)10(17)18/h6,8H,3-5H2,1-2H3,(H,17,18)/t6?,8-/m0/s1. The number of rotatable bonds is 4. The number of halogens is 2. The van der Waals surface area contributed by atoms with Crippen LogP contribution in [0.3, 0.4) is 0 Å². The van der Waals surface area contributed by atoms with Crippen LogP contribution in [0.4, 0.5) is 8.78 Å². The number of alkyl halides is 2. The highest BCUT2D eigenvalue weighted by molar-refractivity contribution is 8.14. The van der Waals surface area contributed by atoms with Crippen LogP contribution in [0.15, 0.2) is 0 Å². The fourth-order valence-electron chi connectivity index (χ4n) is 1.99. The third-order valence-electron chi connectivity index (χ3n) is 2.70. The van der Waals surface area contributed by atoms with E-state index in [9.17, 15) is 23.2 Å². The summed E-state index contributed by atoms with van der Waals surface area (Å²) in [7, 11) is 0. The van der Waals surface area contributed by atoms with E-state index in [4.69, 9.17) is 5.11 Å². The van der Waals surface area contributed by atoms with E-state index in [2.05, 4.69) is 0 Å². The van der Waals surface area contributed by atoms with Crippen LogP contribution in [0, 0.1) is 0 Å². The largest absolute Gasteiger partial charge is 0.480 e. The third kappa shape index (κ3) is 4.45. The van der Waals surface area contributed by atoms with Crippen molar-refractivity contribution in [2.45, 2.75) is 43.9 Å². The number of thioether (sulfide) groups is 1. The molecule has 1 N–H and O–H groups in total. The Hall–Kier alpha value is -1.18. The number of nitrogens with zero attached hydrogens (tertiary/aromatic N) is 1. The van der Waals surface area contributed by atoms with Crippen LogP contribution in [0.5, 0.6) is 0 Å². The second-order valence-corrected chi connectivity index (χ2v) is 6.18. The second-order valence-electron chi connectivity index (χ2n) is 4.56. The quantitative estimate of drug-likeness (QED) is 0.847. The highest BCUT2D eigenvalue weighted by Gasteiger charge is 2.50. The van der Waals surface area contributed by atoms with Crippen molar-refractivity contribution < 1.29 is 28.3 Å². The zero-order chi connectivity index (χ0) is 14.8. The van der Waals surface area contributed by atoms with Crippen molar-refractivity contribution in [3.05, 3.63) is 0 Å². The normalized spacial score (nSPS) is 23.2. The number of likely N-dealkylation sites (tertiary alicyclic amines) is 1. The molecule has 0 spiro atoms. The molecule has 108 valence electrons. The van der Waals surface area contributed by atoms with Crippen LogP contribution in [0.25, 0.3) is 0 Å². The Kier molecular flexibility index (Phi) is 4.89. The summed E-state index contributed by atoms with van der Waals surface area (Å²) in [5.41, 5.74) is 0. The van der Waals surface area contributed by atoms with E-state index in [1.165, 1.54) is 6.92 Å². The molecule has 1 unspecified atom stereocenters. The maximum Gasteiger partial charge on any atom is 0.326 e. The average molecular weight is 295 g/mol. The Morgan fingerprint density at radius 1 is 1.47 bits per heavy atom. The van der Waals surface area contributed by atoms with Crippen LogP contribution in [0.2, 0.25) is 0 Å². The fraction of sp³-hybridized carbons (Fsp3) is 0.727. The summed E-state index contributed by atoms with van der Waals surface area (Å²) in [6.45, 7) is 2.09. The minimum atomic E-state index is -3.17. The zero-order valence-electron chi connectivity index (χ0n) is 10.6. The Morgan fingerprint density at radius 2 is 2.05 bits per heavy atom. The van der Waals surface area contributed by atoms with Gasteiger partial charge >= 0.3 is 5.97 Å². The Labute approximate surface area is 113 Å². The van der Waals surface area contributed by atoms with E-state index in [0.29, 0.717) is 4.90 Å². The van der Waals surface area contributed by atoms with Gasteiger partial charge in [-0.25, -0.2) is 13.6 Å². The van der Waals surface area contributed by atoms with E-state index in [1.807, 2.05) is 0 Å². The van der Waals surface area contributed by atoms with E-state index >= 15 is 0 Å². The molecule has 0 aromatic rings. The Morgan fingerprint density at radius 3 is 2.53 bits per heavy atom. The van der Waals surface area contributed by atoms with Gasteiger partial charge in [0.05, 0.1) is 6.54 Å². The molecular weight excluding hydrogens is 280 g/mol. The molecule has 0 radical (unpaired) electrons. The van der Waals surface area contributed by atoms with Crippen LogP contribution >= 0.6 is 11.8 Å². The summed E-state index contributed by atoms with van der Waals surface area (Å²) < 4.78 is 26.4. The summed E-state index contributed by atoms with van der Waals surface area (Å²) in [4.78, 5) is 34.3. The van der Waals surface area contributed by atoms with Gasteiger partial charge in [0.1, 0.15) is 6.04 Å². The highest BCUT2D eigenvalue weighted by Crippen LogP contribution is 2.33. The van der Waals surface area contributed by atoms with Crippen molar-refractivity contribution in [3.8, 4) is 0 Å². The lowest BCUT2D eigenvalue weighted by atomic mass is 10.2. The van der Waals surface area contributed by atoms with Gasteiger partial charge in [-0.3, -0.25) is 9.59 Å². The van der Waals surface area contributed by atoms with Gasteiger partial charge in [-0.15, -0.1) is 0 Å². The van der Waals surface area contributed by atoms with Crippen molar-refractivity contribution in [1.82, 2.24) is 4.90 Å². The number of amides is 1. The molecule has 19 heavy (non-hydrogen) atoms. The molecule has 0 saturated carbocycles. The molecule has 1 aliphatic rings. The van der Waals surface area contributed by atoms with Crippen molar-refractivity contribution >= 4 is 28.8 Å². The third-order valence-corrected chi connectivity index (χ3v) is 3.61. The van der Waals surface area contributed by atoms with Crippen LogP contribution in [-0.4, -0.2) is 50.8 Å². The molecule has 0 bridgehead atoms. The topological polar surface area (TPSA) is 74.7 Å². The monoisotopic (exact) mass is 295 g/mol. The van der Waals surface area contributed by atoms with Gasteiger partial charge in [0.2, 0.25) is 5.91 Å². The first-order valence-electron chi connectivity index (χ1n) is 5.69. The summed E-state index contributed by atoms with van der Waals surface area (Å²) in [6.07, 6.45) is -0.994. The van der Waals surface area contributed by atoms with Crippen molar-refractivity contribution in [1.29, 1.82) is 0 Å². The molecule has 0 aromatic carbocycles. The number of carbonyl (C=O) groups is 3. The molecule has 8 heteroatoms. The molecular formula is C11H15F2NO4S. The van der Waals surface area contributed by atoms with Gasteiger partial charge in [-0.2, -0.15) is 0 Å². The fourth-order valence-corrected chi connectivity index (χ4v) is 2.78. The van der Waals surface area contributed by atoms with Gasteiger partial charge in [0.15, 0.2) is 5.12 Å². The smallest absolute Gasteiger partial charge is 0.326 e. The summed E-state index contributed by atoms with van der Waals surface area (Å²) in [5.74, 6) is -5.27. The first-order valence-corrected chi connectivity index (χ1v) is 6.57. The van der Waals surface area contributed by atoms with Crippen LogP contribution < -0.4 is 0 Å². The number of hydrogen-bond acceptors (Lipinski definition) is 4. The molecule has 1 aliphatic heterocycles. The van der Waals surface area contributed by atoms with E-state index in [-0.39, 0.29) is 16.8 Å². The van der Waals surface area contributed by atoms with Gasteiger partial charge in [-0.05, 0) is 0 Å². The number of carbonyl (C=O) groups excluding carboxylic acids is 2. The van der Waals surface area contributed by atoms with E-state index in [1.54, 1.807) is 6.92 Å². The minimum absolute atomic E-state index is 0.135. The number of aliphatic carboxylic acids is 1. The molecule has 1 fully saturated rings. The van der Waals surface area contributed by atoms with Crippen molar-refractivity contribution in [3.63, 3.8) is 0 Å². The minimum Gasteiger partial charge on any atom is -0.480 e. The Bertz CT molecular complexity index is 402. The maximum absolute atomic E-state index is 13.2. The van der Waals surface area contributed by atoms with Gasteiger partial charge in [0, 0.05) is 25.0 Å². The summed E-state index contributed by atoms with van der Waals surface area (Å²) in [5, 5.41) is 8.31. The van der Waals surface area contributed by atoms with Crippen molar-refractivity contribution in [2.24, 2.45) is 0 Å². The molecule has 5 nitrogen and oxygen atoms in total. The molecule has 2 atom stereocenters. The lowest BCUT2D eigenvalue weighted by Crippen LogP contribution is -2.41. The highest BCUT2D eigenvalue weighted by atomic mass is 32.2. The number of hydrogen-bond donors (Lipinski definition) is 1. The first kappa shape index (κ1) is 15.9. The predicted octanol–water partition coefficient (Wildman–Crippen LogP) is 1.37. The predicted molar refractivity (Wildman–Crippen MR) is 65.1 cm³/mol. The zero-order valence-corrected chi connectivity index (χ0v) is 11.4. The number of carboxylic acid groups (broad SMARTS) is 1. The molecule has 1 amide bonds. The van der Waals surface area contributed by atoms with E-state index in [0.717, 1.165) is 11.8 Å². The molecule has 0 aromatic heterocycles. The van der Waals surface area contributed by atoms with Gasteiger partial charge < -0.3 is 10.0 Å². The summed E-state index contributed by atoms with van der Waals surface area (Å²) in [6, 6.07) is -1.49. The first-order chi connectivity index (χ1) is 8.62. The maximum atomic E-state index is 13.2.